The lowest BCUT2D eigenvalue weighted by Gasteiger charge is -2.40. The zero-order chi connectivity index (χ0) is 29.0. The molecule has 0 saturated carbocycles. The fraction of sp³-hybridized carbons (Fsp3) is 0.594. The van der Waals surface area contributed by atoms with Gasteiger partial charge in [0.15, 0.2) is 0 Å². The van der Waals surface area contributed by atoms with E-state index in [9.17, 15) is 19.5 Å². The quantitative estimate of drug-likeness (QED) is 0.357. The van der Waals surface area contributed by atoms with E-state index in [1.807, 2.05) is 44.2 Å². The zero-order valence-electron chi connectivity index (χ0n) is 24.2. The number of hydrogen-bond acceptors (Lipinski definition) is 5. The monoisotopic (exact) mass is 551 g/mol. The lowest BCUT2D eigenvalue weighted by molar-refractivity contribution is -0.153. The first-order valence-corrected chi connectivity index (χ1v) is 14.7. The van der Waals surface area contributed by atoms with Gasteiger partial charge in [-0.15, -0.1) is 13.2 Å². The van der Waals surface area contributed by atoms with Crippen LogP contribution in [0.3, 0.4) is 0 Å². The number of rotatable bonds is 14. The van der Waals surface area contributed by atoms with Gasteiger partial charge < -0.3 is 24.5 Å². The Morgan fingerprint density at radius 3 is 2.48 bits per heavy atom. The molecule has 3 aliphatic heterocycles. The molecule has 7 atom stereocenters. The molecule has 8 heteroatoms. The maximum atomic E-state index is 14.4. The summed E-state index contributed by atoms with van der Waals surface area (Å²) in [5.74, 6) is -2.07. The van der Waals surface area contributed by atoms with Crippen LogP contribution in [0.4, 0.5) is 0 Å². The molecule has 3 saturated heterocycles. The molecule has 2 bridgehead atoms. The molecule has 0 aromatic heterocycles. The van der Waals surface area contributed by atoms with E-state index in [0.29, 0.717) is 38.9 Å². The van der Waals surface area contributed by atoms with Gasteiger partial charge in [-0.1, -0.05) is 62.8 Å². The van der Waals surface area contributed by atoms with Gasteiger partial charge in [-0.25, -0.2) is 0 Å². The highest BCUT2D eigenvalue weighted by atomic mass is 16.5. The van der Waals surface area contributed by atoms with Crippen molar-refractivity contribution in [2.45, 2.75) is 89.3 Å². The summed E-state index contributed by atoms with van der Waals surface area (Å²) < 4.78 is 6.65. The largest absolute Gasteiger partial charge is 0.394 e. The molecule has 40 heavy (non-hydrogen) atoms. The van der Waals surface area contributed by atoms with E-state index in [0.717, 1.165) is 18.4 Å². The molecule has 1 N–H and O–H groups in total. The van der Waals surface area contributed by atoms with E-state index in [4.69, 9.17) is 4.74 Å². The van der Waals surface area contributed by atoms with E-state index in [2.05, 4.69) is 20.1 Å². The highest BCUT2D eigenvalue weighted by Crippen LogP contribution is 2.59. The van der Waals surface area contributed by atoms with E-state index in [1.54, 1.807) is 26.9 Å². The number of carbonyl (C=O) groups excluding carboxylic acids is 3. The Morgan fingerprint density at radius 1 is 1.18 bits per heavy atom. The van der Waals surface area contributed by atoms with Crippen molar-refractivity contribution < 1.29 is 24.2 Å². The van der Waals surface area contributed by atoms with Gasteiger partial charge in [-0.05, 0) is 38.2 Å². The first-order chi connectivity index (χ1) is 19.3. The van der Waals surface area contributed by atoms with E-state index >= 15 is 0 Å². The van der Waals surface area contributed by atoms with Crippen molar-refractivity contribution in [3.05, 3.63) is 61.2 Å². The van der Waals surface area contributed by atoms with Crippen LogP contribution in [0.2, 0.25) is 0 Å². The smallest absolute Gasteiger partial charge is 0.248 e. The number of benzene rings is 1. The SMILES string of the molecule is C=CCN(Cc1ccccc1)C(=O)[C@@H]1[C@H]2C(=O)N([C@@H](CC)CO)C(C(=O)N(CC=C)C(C)CCC)C23CC[C@H]1O3. The van der Waals surface area contributed by atoms with Gasteiger partial charge in [0, 0.05) is 25.7 Å². The highest BCUT2D eigenvalue weighted by Gasteiger charge is 2.75. The van der Waals surface area contributed by atoms with E-state index in [-0.39, 0.29) is 30.4 Å². The van der Waals surface area contributed by atoms with Crippen molar-refractivity contribution in [1.82, 2.24) is 14.7 Å². The van der Waals surface area contributed by atoms with Crippen LogP contribution in [-0.4, -0.2) is 87.1 Å². The minimum atomic E-state index is -1.10. The summed E-state index contributed by atoms with van der Waals surface area (Å²) in [6.45, 7) is 14.5. The normalized spacial score (nSPS) is 28.2. The van der Waals surface area contributed by atoms with Crippen molar-refractivity contribution in [2.75, 3.05) is 19.7 Å². The molecule has 8 nitrogen and oxygen atoms in total. The molecule has 3 aliphatic rings. The van der Waals surface area contributed by atoms with Crippen LogP contribution in [-0.2, 0) is 25.7 Å². The Hall–Kier alpha value is -2.97. The summed E-state index contributed by atoms with van der Waals surface area (Å²) in [5, 5.41) is 10.3. The average Bonchev–Trinajstić information content (AvgIpc) is 3.60. The Balaban J connectivity index is 1.74. The number of carbonyl (C=O) groups is 3. The maximum absolute atomic E-state index is 14.4. The number of aliphatic hydroxyl groups excluding tert-OH is 1. The summed E-state index contributed by atoms with van der Waals surface area (Å²) in [5.41, 5.74) is -0.111. The number of amides is 3. The second kappa shape index (κ2) is 12.7. The lowest BCUT2D eigenvalue weighted by atomic mass is 9.70. The molecule has 0 radical (unpaired) electrons. The number of hydrogen-bond donors (Lipinski definition) is 1. The van der Waals surface area contributed by atoms with Crippen LogP contribution >= 0.6 is 0 Å². The van der Waals surface area contributed by atoms with E-state index < -0.39 is 35.6 Å². The molecule has 1 aromatic carbocycles. The third kappa shape index (κ3) is 5.12. The van der Waals surface area contributed by atoms with Crippen LogP contribution in [0.25, 0.3) is 0 Å². The second-order valence-electron chi connectivity index (χ2n) is 11.5. The molecule has 218 valence electrons. The summed E-state index contributed by atoms with van der Waals surface area (Å²) in [6.07, 6.45) is 6.31. The molecule has 3 fully saturated rings. The lowest BCUT2D eigenvalue weighted by Crippen LogP contribution is -2.60. The van der Waals surface area contributed by atoms with Crippen LogP contribution < -0.4 is 0 Å². The minimum absolute atomic E-state index is 0.0536. The molecule has 4 rings (SSSR count). The third-order valence-electron chi connectivity index (χ3n) is 9.06. The molecule has 3 amide bonds. The number of ether oxygens (including phenoxy) is 1. The van der Waals surface area contributed by atoms with Crippen LogP contribution in [0, 0.1) is 11.8 Å². The minimum Gasteiger partial charge on any atom is -0.394 e. The van der Waals surface area contributed by atoms with Crippen LogP contribution in [0.5, 0.6) is 0 Å². The summed E-state index contributed by atoms with van der Waals surface area (Å²) in [4.78, 5) is 48.1. The fourth-order valence-corrected chi connectivity index (χ4v) is 7.22. The number of fused-ring (bicyclic) bond motifs is 1. The van der Waals surface area contributed by atoms with Gasteiger partial charge in [0.05, 0.1) is 30.6 Å². The summed E-state index contributed by atoms with van der Waals surface area (Å²) in [7, 11) is 0. The molecule has 0 aliphatic carbocycles. The van der Waals surface area contributed by atoms with Gasteiger partial charge in [-0.2, -0.15) is 0 Å². The topological polar surface area (TPSA) is 90.4 Å². The molecule has 3 heterocycles. The summed E-state index contributed by atoms with van der Waals surface area (Å²) >= 11 is 0. The van der Waals surface area contributed by atoms with Gasteiger partial charge in [0.2, 0.25) is 17.7 Å². The number of nitrogens with zero attached hydrogens (tertiary/aromatic N) is 3. The summed E-state index contributed by atoms with van der Waals surface area (Å²) in [6, 6.07) is 8.25. The second-order valence-corrected chi connectivity index (χ2v) is 11.5. The van der Waals surface area contributed by atoms with Crippen molar-refractivity contribution in [3.8, 4) is 0 Å². The highest BCUT2D eigenvalue weighted by molar-refractivity contribution is 5.99. The Bertz CT molecular complexity index is 1090. The maximum Gasteiger partial charge on any atom is 0.248 e. The van der Waals surface area contributed by atoms with Crippen molar-refractivity contribution in [1.29, 1.82) is 0 Å². The fourth-order valence-electron chi connectivity index (χ4n) is 7.22. The Labute approximate surface area is 238 Å². The molecular formula is C32H45N3O5. The van der Waals surface area contributed by atoms with Crippen LogP contribution in [0.15, 0.2) is 55.6 Å². The van der Waals surface area contributed by atoms with Crippen molar-refractivity contribution in [2.24, 2.45) is 11.8 Å². The predicted molar refractivity (Wildman–Crippen MR) is 154 cm³/mol. The molecular weight excluding hydrogens is 506 g/mol. The Kier molecular flexibility index (Phi) is 9.52. The molecule has 3 unspecified atom stereocenters. The number of aliphatic hydroxyl groups is 1. The van der Waals surface area contributed by atoms with Gasteiger partial charge in [-0.3, -0.25) is 14.4 Å². The number of likely N-dealkylation sites (tertiary alicyclic amines) is 1. The first kappa shape index (κ1) is 30.0. The van der Waals surface area contributed by atoms with Crippen molar-refractivity contribution in [3.63, 3.8) is 0 Å². The predicted octanol–water partition coefficient (Wildman–Crippen LogP) is 3.55. The average molecular weight is 552 g/mol. The Morgan fingerprint density at radius 2 is 1.88 bits per heavy atom. The van der Waals surface area contributed by atoms with Gasteiger partial charge in [0.1, 0.15) is 11.6 Å². The molecule has 1 spiro atoms. The standard InChI is InChI=1S/C32H45N3O5/c1-6-13-22(5)34(19-8-3)31(39)28-32-17-16-25(40-32)26(27(32)30(38)35(28)24(9-4)21-36)29(37)33(18-7-2)20-23-14-11-10-12-15-23/h7-8,10-12,14-15,22,24-28,36H,2-3,6,9,13,16-21H2,1,4-5H3/t22?,24-,25+,26-,27-,28?,32?/m0/s1. The van der Waals surface area contributed by atoms with E-state index in [1.165, 1.54) is 0 Å². The first-order valence-electron chi connectivity index (χ1n) is 14.7. The molecule has 1 aromatic rings. The van der Waals surface area contributed by atoms with Crippen molar-refractivity contribution >= 4 is 17.7 Å². The zero-order valence-corrected chi connectivity index (χ0v) is 24.2. The third-order valence-corrected chi connectivity index (χ3v) is 9.06. The van der Waals surface area contributed by atoms with Crippen LogP contribution in [0.1, 0.15) is 58.4 Å². The van der Waals surface area contributed by atoms with Gasteiger partial charge >= 0.3 is 0 Å². The van der Waals surface area contributed by atoms with Gasteiger partial charge in [0.25, 0.3) is 0 Å².